The van der Waals surface area contributed by atoms with Gasteiger partial charge in [-0.25, -0.2) is 0 Å². The van der Waals surface area contributed by atoms with E-state index in [1.54, 1.807) is 4.90 Å². The molecule has 0 spiro atoms. The van der Waals surface area contributed by atoms with Gasteiger partial charge in [0, 0.05) is 25.2 Å². The Bertz CT molecular complexity index is 255. The zero-order valence-electron chi connectivity index (χ0n) is 9.54. The Labute approximate surface area is 90.2 Å². The van der Waals surface area contributed by atoms with E-state index in [2.05, 4.69) is 10.6 Å². The van der Waals surface area contributed by atoms with Crippen LogP contribution in [0.2, 0.25) is 0 Å². The average Bonchev–Trinajstić information content (AvgIpc) is 2.24. The molecule has 2 atom stereocenters. The van der Waals surface area contributed by atoms with E-state index in [1.807, 2.05) is 20.9 Å². The van der Waals surface area contributed by atoms with Gasteiger partial charge in [-0.15, -0.1) is 0 Å². The van der Waals surface area contributed by atoms with E-state index in [-0.39, 0.29) is 30.3 Å². The van der Waals surface area contributed by atoms with Crippen LogP contribution in [0.3, 0.4) is 0 Å². The smallest absolute Gasteiger partial charge is 0.232 e. The van der Waals surface area contributed by atoms with Crippen molar-refractivity contribution >= 4 is 11.8 Å². The molecule has 5 heteroatoms. The summed E-state index contributed by atoms with van der Waals surface area (Å²) >= 11 is 0. The van der Waals surface area contributed by atoms with Crippen LogP contribution < -0.4 is 10.6 Å². The van der Waals surface area contributed by atoms with Gasteiger partial charge < -0.3 is 15.5 Å². The quantitative estimate of drug-likeness (QED) is 0.611. The fourth-order valence-corrected chi connectivity index (χ4v) is 1.84. The Morgan fingerprint density at radius 1 is 1.60 bits per heavy atom. The van der Waals surface area contributed by atoms with Crippen LogP contribution in [0.15, 0.2) is 0 Å². The number of rotatable bonds is 3. The molecule has 2 N–H and O–H groups in total. The molecule has 1 aliphatic heterocycles. The van der Waals surface area contributed by atoms with E-state index in [1.165, 1.54) is 0 Å². The van der Waals surface area contributed by atoms with Crippen molar-refractivity contribution in [3.05, 3.63) is 0 Å². The molecule has 1 fully saturated rings. The number of hydrogen-bond acceptors (Lipinski definition) is 3. The number of nitrogens with zero attached hydrogens (tertiary/aromatic N) is 1. The molecule has 0 aromatic heterocycles. The van der Waals surface area contributed by atoms with Gasteiger partial charge in [-0.1, -0.05) is 0 Å². The Morgan fingerprint density at radius 2 is 2.27 bits per heavy atom. The van der Waals surface area contributed by atoms with E-state index in [9.17, 15) is 9.59 Å². The lowest BCUT2D eigenvalue weighted by atomic mass is 10.2. The lowest BCUT2D eigenvalue weighted by Gasteiger charge is -2.29. The molecule has 2 unspecified atom stereocenters. The van der Waals surface area contributed by atoms with Gasteiger partial charge in [-0.3, -0.25) is 9.59 Å². The molecule has 86 valence electrons. The molecule has 1 saturated heterocycles. The van der Waals surface area contributed by atoms with Crippen LogP contribution in [-0.2, 0) is 9.59 Å². The Hall–Kier alpha value is -1.10. The first-order chi connectivity index (χ1) is 7.04. The van der Waals surface area contributed by atoms with E-state index in [0.29, 0.717) is 6.54 Å². The Kier molecular flexibility index (Phi) is 4.08. The van der Waals surface area contributed by atoms with Gasteiger partial charge in [-0.2, -0.15) is 0 Å². The number of hydrogen-bond donors (Lipinski definition) is 2. The maximum Gasteiger partial charge on any atom is 0.232 e. The number of amides is 2. The average molecular weight is 213 g/mol. The monoisotopic (exact) mass is 213 g/mol. The normalized spacial score (nSPS) is 24.7. The summed E-state index contributed by atoms with van der Waals surface area (Å²) in [6.07, 6.45) is -0.0294. The van der Waals surface area contributed by atoms with Crippen LogP contribution in [0, 0.1) is 0 Å². The summed E-state index contributed by atoms with van der Waals surface area (Å²) < 4.78 is 0. The topological polar surface area (TPSA) is 61.4 Å². The number of likely N-dealkylation sites (N-methyl/N-ethyl adjacent to an activating group) is 1. The lowest BCUT2D eigenvalue weighted by Crippen LogP contribution is -2.46. The lowest BCUT2D eigenvalue weighted by molar-refractivity contribution is -0.135. The fourth-order valence-electron chi connectivity index (χ4n) is 1.84. The van der Waals surface area contributed by atoms with Crippen LogP contribution in [0.4, 0.5) is 0 Å². The third-order valence-corrected chi connectivity index (χ3v) is 2.54. The molecule has 15 heavy (non-hydrogen) atoms. The molecule has 5 nitrogen and oxygen atoms in total. The zero-order valence-corrected chi connectivity index (χ0v) is 9.54. The fraction of sp³-hybridized carbons (Fsp3) is 0.800. The second kappa shape index (κ2) is 5.11. The first-order valence-electron chi connectivity index (χ1n) is 5.28. The predicted octanol–water partition coefficient (Wildman–Crippen LogP) is -0.669. The summed E-state index contributed by atoms with van der Waals surface area (Å²) in [4.78, 5) is 24.7. The Morgan fingerprint density at radius 3 is 2.87 bits per heavy atom. The van der Waals surface area contributed by atoms with Crippen LogP contribution in [0.1, 0.15) is 20.3 Å². The van der Waals surface area contributed by atoms with Crippen molar-refractivity contribution in [1.82, 2.24) is 15.5 Å². The molecule has 0 aromatic rings. The van der Waals surface area contributed by atoms with Gasteiger partial charge in [0.05, 0.1) is 0 Å². The maximum absolute atomic E-state index is 11.7. The standard InChI is InChI=1S/C10H19N3O2/c1-7-6-13(8(2)5-11-3)10(15)4-9(14)12-7/h7-8,11H,4-6H2,1-3H3,(H,12,14). The van der Waals surface area contributed by atoms with Crippen molar-refractivity contribution in [2.24, 2.45) is 0 Å². The molecular formula is C10H19N3O2. The third kappa shape index (κ3) is 3.20. The summed E-state index contributed by atoms with van der Waals surface area (Å²) in [5.41, 5.74) is 0. The summed E-state index contributed by atoms with van der Waals surface area (Å²) in [7, 11) is 1.85. The van der Waals surface area contributed by atoms with Crippen molar-refractivity contribution in [1.29, 1.82) is 0 Å². The molecule has 1 heterocycles. The summed E-state index contributed by atoms with van der Waals surface area (Å²) in [5.74, 6) is -0.258. The van der Waals surface area contributed by atoms with E-state index >= 15 is 0 Å². The van der Waals surface area contributed by atoms with Crippen LogP contribution >= 0.6 is 0 Å². The molecule has 0 aliphatic carbocycles. The van der Waals surface area contributed by atoms with E-state index in [0.717, 1.165) is 6.54 Å². The van der Waals surface area contributed by atoms with Crippen LogP contribution in [-0.4, -0.2) is 48.9 Å². The molecule has 0 radical (unpaired) electrons. The molecule has 0 aromatic carbocycles. The first-order valence-corrected chi connectivity index (χ1v) is 5.28. The SMILES string of the molecule is CNCC(C)N1CC(C)NC(=O)CC1=O. The van der Waals surface area contributed by atoms with Crippen molar-refractivity contribution in [3.63, 3.8) is 0 Å². The van der Waals surface area contributed by atoms with E-state index in [4.69, 9.17) is 0 Å². The van der Waals surface area contributed by atoms with Crippen molar-refractivity contribution in [2.45, 2.75) is 32.4 Å². The van der Waals surface area contributed by atoms with Crippen molar-refractivity contribution in [3.8, 4) is 0 Å². The summed E-state index contributed by atoms with van der Waals surface area (Å²) in [5, 5.41) is 5.81. The van der Waals surface area contributed by atoms with Gasteiger partial charge in [0.15, 0.2) is 0 Å². The highest BCUT2D eigenvalue weighted by molar-refractivity contribution is 5.97. The van der Waals surface area contributed by atoms with E-state index < -0.39 is 0 Å². The minimum atomic E-state index is -0.174. The second-order valence-electron chi connectivity index (χ2n) is 4.10. The molecule has 0 saturated carbocycles. The summed E-state index contributed by atoms with van der Waals surface area (Å²) in [6, 6.07) is 0.154. The Balaban J connectivity index is 2.69. The van der Waals surface area contributed by atoms with Crippen molar-refractivity contribution < 1.29 is 9.59 Å². The second-order valence-corrected chi connectivity index (χ2v) is 4.10. The van der Waals surface area contributed by atoms with Crippen LogP contribution in [0.5, 0.6) is 0 Å². The molecule has 1 aliphatic rings. The van der Waals surface area contributed by atoms with Gasteiger partial charge in [0.2, 0.25) is 11.8 Å². The van der Waals surface area contributed by atoms with Crippen molar-refractivity contribution in [2.75, 3.05) is 20.1 Å². The molecule has 0 bridgehead atoms. The van der Waals surface area contributed by atoms with Gasteiger partial charge in [0.25, 0.3) is 0 Å². The highest BCUT2D eigenvalue weighted by Crippen LogP contribution is 2.07. The molecule has 2 amide bonds. The largest absolute Gasteiger partial charge is 0.351 e. The van der Waals surface area contributed by atoms with Gasteiger partial charge in [-0.05, 0) is 20.9 Å². The highest BCUT2D eigenvalue weighted by Gasteiger charge is 2.27. The number of nitrogens with one attached hydrogen (secondary N) is 2. The van der Waals surface area contributed by atoms with Gasteiger partial charge in [0.1, 0.15) is 6.42 Å². The maximum atomic E-state index is 11.7. The third-order valence-electron chi connectivity index (χ3n) is 2.54. The number of carbonyl (C=O) groups is 2. The minimum Gasteiger partial charge on any atom is -0.351 e. The zero-order chi connectivity index (χ0) is 11.4. The van der Waals surface area contributed by atoms with Crippen LogP contribution in [0.25, 0.3) is 0 Å². The summed E-state index contributed by atoms with van der Waals surface area (Å²) in [6.45, 7) is 5.23. The first kappa shape index (κ1) is 12.0. The number of carbonyl (C=O) groups excluding carboxylic acids is 2. The van der Waals surface area contributed by atoms with Gasteiger partial charge >= 0.3 is 0 Å². The predicted molar refractivity (Wildman–Crippen MR) is 57.3 cm³/mol. The molecular weight excluding hydrogens is 194 g/mol. The minimum absolute atomic E-state index is 0.0294. The highest BCUT2D eigenvalue weighted by atomic mass is 16.2. The molecule has 1 rings (SSSR count).